The Bertz CT molecular complexity index is 1420. The monoisotopic (exact) mass is 503 g/mol. The number of nitrogens with one attached hydrogen (secondary N) is 1. The Hall–Kier alpha value is -4.07. The second-order valence-electron chi connectivity index (χ2n) is 9.63. The zero-order valence-electron chi connectivity index (χ0n) is 20.2. The van der Waals surface area contributed by atoms with Crippen molar-refractivity contribution < 1.29 is 23.5 Å². The molecular weight excluding hydrogens is 476 g/mol. The highest BCUT2D eigenvalue weighted by Crippen LogP contribution is 2.37. The number of nitrogens with zero attached hydrogens (tertiary/aromatic N) is 2. The highest BCUT2D eigenvalue weighted by atomic mass is 19.1. The van der Waals surface area contributed by atoms with Gasteiger partial charge in [-0.2, -0.15) is 0 Å². The Kier molecular flexibility index (Phi) is 6.99. The first-order chi connectivity index (χ1) is 17.9. The third-order valence-electron chi connectivity index (χ3n) is 7.20. The Morgan fingerprint density at radius 2 is 1.59 bits per heavy atom. The van der Waals surface area contributed by atoms with Gasteiger partial charge in [-0.25, -0.2) is 13.8 Å². The van der Waals surface area contributed by atoms with Gasteiger partial charge in [0, 0.05) is 30.9 Å². The third-order valence-corrected chi connectivity index (χ3v) is 7.20. The van der Waals surface area contributed by atoms with Crippen molar-refractivity contribution in [1.82, 2.24) is 14.7 Å². The van der Waals surface area contributed by atoms with E-state index in [2.05, 4.69) is 34.6 Å². The van der Waals surface area contributed by atoms with Crippen LogP contribution in [-0.2, 0) is 11.3 Å². The third kappa shape index (κ3) is 5.53. The summed E-state index contributed by atoms with van der Waals surface area (Å²) < 4.78 is 29.4. The maximum Gasteiger partial charge on any atom is 0.303 e. The number of pyridine rings is 1. The topological polar surface area (TPSA) is 83.7 Å². The zero-order chi connectivity index (χ0) is 25.9. The summed E-state index contributed by atoms with van der Waals surface area (Å²) >= 11 is 0. The van der Waals surface area contributed by atoms with Gasteiger partial charge in [-0.15, -0.1) is 0 Å². The first-order valence-corrected chi connectivity index (χ1v) is 12.4. The number of amides is 1. The standard InChI is InChI=1S/C29H27F2N3O3/c30-24-2-1-3-25(31)23(24)15-32-29(37)26-17-34-16-22(12-13-27(34)33-26)21-10-8-20(9-11-21)19-6-4-18(5-7-19)14-28(35)36/h1-3,8-13,16-19H,4-7,14-15H2,(H,32,37)(H,35,36). The molecule has 2 N–H and O–H groups in total. The number of aromatic nitrogens is 2. The minimum atomic E-state index is -0.714. The van der Waals surface area contributed by atoms with Crippen molar-refractivity contribution >= 4 is 17.5 Å². The van der Waals surface area contributed by atoms with Gasteiger partial charge in [0.2, 0.25) is 0 Å². The first-order valence-electron chi connectivity index (χ1n) is 12.4. The van der Waals surface area contributed by atoms with Crippen LogP contribution in [0.4, 0.5) is 8.78 Å². The van der Waals surface area contributed by atoms with Gasteiger partial charge in [0.25, 0.3) is 5.91 Å². The second kappa shape index (κ2) is 10.5. The number of aliphatic carboxylic acids is 1. The fourth-order valence-corrected chi connectivity index (χ4v) is 5.13. The summed E-state index contributed by atoms with van der Waals surface area (Å²) in [7, 11) is 0. The van der Waals surface area contributed by atoms with Gasteiger partial charge >= 0.3 is 5.97 Å². The molecule has 1 amide bonds. The number of benzene rings is 2. The fourth-order valence-electron chi connectivity index (χ4n) is 5.13. The lowest BCUT2D eigenvalue weighted by Gasteiger charge is -2.28. The molecule has 2 heterocycles. The average Bonchev–Trinajstić information content (AvgIpc) is 3.32. The van der Waals surface area contributed by atoms with E-state index in [4.69, 9.17) is 5.11 Å². The van der Waals surface area contributed by atoms with Crippen LogP contribution in [0.1, 0.15) is 59.6 Å². The number of hydrogen-bond donors (Lipinski definition) is 2. The van der Waals surface area contributed by atoms with Gasteiger partial charge in [0.05, 0.1) is 0 Å². The molecule has 37 heavy (non-hydrogen) atoms. The van der Waals surface area contributed by atoms with Gasteiger partial charge in [-0.1, -0.05) is 30.3 Å². The van der Waals surface area contributed by atoms with Crippen molar-refractivity contribution in [1.29, 1.82) is 0 Å². The van der Waals surface area contributed by atoms with Gasteiger partial charge in [-0.3, -0.25) is 9.59 Å². The molecule has 1 saturated carbocycles. The van der Waals surface area contributed by atoms with Crippen LogP contribution in [0.5, 0.6) is 0 Å². The number of carboxylic acids is 1. The Balaban J connectivity index is 1.25. The molecule has 0 bridgehead atoms. The molecule has 5 rings (SSSR count). The Morgan fingerprint density at radius 3 is 2.27 bits per heavy atom. The molecule has 6 nitrogen and oxygen atoms in total. The molecule has 8 heteroatoms. The minimum absolute atomic E-state index is 0.155. The number of fused-ring (bicyclic) bond motifs is 1. The van der Waals surface area contributed by atoms with Gasteiger partial charge in [0.15, 0.2) is 0 Å². The molecule has 0 unspecified atom stereocenters. The van der Waals surface area contributed by atoms with Crippen LogP contribution in [0.25, 0.3) is 16.8 Å². The highest BCUT2D eigenvalue weighted by molar-refractivity contribution is 5.92. The van der Waals surface area contributed by atoms with Gasteiger partial charge in [-0.05, 0) is 78.5 Å². The number of imidazole rings is 1. The molecular formula is C29H27F2N3O3. The largest absolute Gasteiger partial charge is 0.481 e. The number of hydrogen-bond acceptors (Lipinski definition) is 3. The predicted octanol–water partition coefficient (Wildman–Crippen LogP) is 5.96. The number of carbonyl (C=O) groups is 2. The molecule has 0 aliphatic heterocycles. The number of carbonyl (C=O) groups excluding carboxylic acids is 1. The molecule has 0 radical (unpaired) electrons. The summed E-state index contributed by atoms with van der Waals surface area (Å²) in [6.45, 7) is -0.274. The van der Waals surface area contributed by atoms with E-state index in [1.807, 2.05) is 18.3 Å². The van der Waals surface area contributed by atoms with Crippen LogP contribution in [0.3, 0.4) is 0 Å². The molecule has 0 saturated heterocycles. The summed E-state index contributed by atoms with van der Waals surface area (Å²) in [5.74, 6) is -1.92. The number of rotatable bonds is 7. The van der Waals surface area contributed by atoms with Crippen molar-refractivity contribution in [2.75, 3.05) is 0 Å². The predicted molar refractivity (Wildman–Crippen MR) is 135 cm³/mol. The highest BCUT2D eigenvalue weighted by Gasteiger charge is 2.24. The molecule has 4 aromatic rings. The fraction of sp³-hybridized carbons (Fsp3) is 0.276. The van der Waals surface area contributed by atoms with E-state index < -0.39 is 23.5 Å². The van der Waals surface area contributed by atoms with Crippen LogP contribution in [0, 0.1) is 17.6 Å². The smallest absolute Gasteiger partial charge is 0.303 e. The quantitative estimate of drug-likeness (QED) is 0.326. The molecule has 1 aliphatic carbocycles. The molecule has 2 aromatic heterocycles. The summed E-state index contributed by atoms with van der Waals surface area (Å²) in [5.41, 5.74) is 3.80. The molecule has 190 valence electrons. The van der Waals surface area contributed by atoms with E-state index in [0.29, 0.717) is 11.6 Å². The molecule has 1 fully saturated rings. The van der Waals surface area contributed by atoms with E-state index in [1.54, 1.807) is 10.6 Å². The summed E-state index contributed by atoms with van der Waals surface area (Å²) in [4.78, 5) is 27.9. The molecule has 1 aliphatic rings. The lowest BCUT2D eigenvalue weighted by atomic mass is 9.77. The summed E-state index contributed by atoms with van der Waals surface area (Å²) in [5, 5.41) is 11.5. The zero-order valence-corrected chi connectivity index (χ0v) is 20.2. The summed E-state index contributed by atoms with van der Waals surface area (Å²) in [6.07, 6.45) is 7.65. The van der Waals surface area contributed by atoms with Crippen LogP contribution < -0.4 is 5.32 Å². The van der Waals surface area contributed by atoms with Crippen LogP contribution in [0.2, 0.25) is 0 Å². The number of halogens is 2. The van der Waals surface area contributed by atoms with Crippen LogP contribution >= 0.6 is 0 Å². The van der Waals surface area contributed by atoms with E-state index >= 15 is 0 Å². The molecule has 2 aromatic carbocycles. The normalized spacial score (nSPS) is 17.6. The van der Waals surface area contributed by atoms with Crippen molar-refractivity contribution in [3.05, 3.63) is 95.4 Å². The lowest BCUT2D eigenvalue weighted by Crippen LogP contribution is -2.24. The SMILES string of the molecule is O=C(O)CC1CCC(c2ccc(-c3ccc4nc(C(=O)NCc5c(F)cccc5F)cn4c3)cc2)CC1. The maximum atomic E-state index is 13.8. The Labute approximate surface area is 213 Å². The van der Waals surface area contributed by atoms with E-state index in [0.717, 1.165) is 48.9 Å². The molecule has 0 spiro atoms. The van der Waals surface area contributed by atoms with Crippen molar-refractivity contribution in [3.8, 4) is 11.1 Å². The maximum absolute atomic E-state index is 13.8. The lowest BCUT2D eigenvalue weighted by molar-refractivity contribution is -0.138. The summed E-state index contributed by atoms with van der Waals surface area (Å²) in [6, 6.07) is 15.8. The van der Waals surface area contributed by atoms with Gasteiger partial charge in [0.1, 0.15) is 23.0 Å². The van der Waals surface area contributed by atoms with Crippen LogP contribution in [-0.4, -0.2) is 26.4 Å². The van der Waals surface area contributed by atoms with E-state index in [1.165, 1.54) is 11.6 Å². The first kappa shape index (κ1) is 24.6. The average molecular weight is 504 g/mol. The van der Waals surface area contributed by atoms with Crippen molar-refractivity contribution in [2.24, 2.45) is 5.92 Å². The van der Waals surface area contributed by atoms with E-state index in [-0.39, 0.29) is 30.1 Å². The second-order valence-corrected chi connectivity index (χ2v) is 9.63. The number of carboxylic acid groups (broad SMARTS) is 1. The molecule has 0 atom stereocenters. The van der Waals surface area contributed by atoms with E-state index in [9.17, 15) is 18.4 Å². The van der Waals surface area contributed by atoms with Crippen molar-refractivity contribution in [2.45, 2.75) is 44.6 Å². The van der Waals surface area contributed by atoms with Crippen LogP contribution in [0.15, 0.2) is 67.0 Å². The van der Waals surface area contributed by atoms with Crippen molar-refractivity contribution in [3.63, 3.8) is 0 Å². The van der Waals surface area contributed by atoms with Gasteiger partial charge < -0.3 is 14.8 Å². The minimum Gasteiger partial charge on any atom is -0.481 e. The Morgan fingerprint density at radius 1 is 0.919 bits per heavy atom.